The highest BCUT2D eigenvalue weighted by Gasteiger charge is 2.43. The molecule has 2 heterocycles. The Labute approximate surface area is 154 Å². The van der Waals surface area contributed by atoms with Gasteiger partial charge in [-0.05, 0) is 32.6 Å². The van der Waals surface area contributed by atoms with Crippen LogP contribution in [0.2, 0.25) is 0 Å². The third-order valence-electron chi connectivity index (χ3n) is 5.40. The molecule has 0 aromatic carbocycles. The number of methoxy groups -OCH3 is 1. The smallest absolute Gasteiger partial charge is 0.336 e. The van der Waals surface area contributed by atoms with E-state index in [0.717, 1.165) is 35.6 Å². The molecule has 0 saturated heterocycles. The molecule has 0 unspecified atom stereocenters. The predicted molar refractivity (Wildman–Crippen MR) is 98.3 cm³/mol. The van der Waals surface area contributed by atoms with Gasteiger partial charge < -0.3 is 10.1 Å². The number of hydrogen-bond donors (Lipinski definition) is 1. The lowest BCUT2D eigenvalue weighted by atomic mass is 9.68. The third-order valence-corrected chi connectivity index (χ3v) is 5.40. The monoisotopic (exact) mass is 357 g/mol. The molecule has 0 radical (unpaired) electrons. The second-order valence-corrected chi connectivity index (χ2v) is 7.92. The van der Waals surface area contributed by atoms with Crippen molar-refractivity contribution >= 4 is 11.8 Å². The van der Waals surface area contributed by atoms with Crippen LogP contribution >= 0.6 is 0 Å². The van der Waals surface area contributed by atoms with Crippen LogP contribution in [0.5, 0.6) is 0 Å². The highest BCUT2D eigenvalue weighted by Crippen LogP contribution is 2.47. The minimum absolute atomic E-state index is 0.0892. The number of nitrogens with zero attached hydrogens (tertiary/aromatic N) is 2. The minimum Gasteiger partial charge on any atom is -0.466 e. The fourth-order valence-corrected chi connectivity index (χ4v) is 4.19. The van der Waals surface area contributed by atoms with E-state index in [1.165, 1.54) is 7.11 Å². The van der Waals surface area contributed by atoms with Gasteiger partial charge in [-0.3, -0.25) is 9.48 Å². The normalized spacial score (nSPS) is 22.2. The Bertz CT molecular complexity index is 842. The molecule has 26 heavy (non-hydrogen) atoms. The highest BCUT2D eigenvalue weighted by atomic mass is 16.5. The van der Waals surface area contributed by atoms with Gasteiger partial charge >= 0.3 is 5.97 Å². The molecule has 140 valence electrons. The van der Waals surface area contributed by atoms with Crippen LogP contribution in [0.25, 0.3) is 0 Å². The first kappa shape index (κ1) is 18.4. The molecule has 1 aromatic rings. The van der Waals surface area contributed by atoms with Crippen molar-refractivity contribution in [2.24, 2.45) is 5.41 Å². The maximum atomic E-state index is 13.1. The Morgan fingerprint density at radius 1 is 1.38 bits per heavy atom. The van der Waals surface area contributed by atoms with Gasteiger partial charge in [-0.25, -0.2) is 4.79 Å². The van der Waals surface area contributed by atoms with E-state index in [2.05, 4.69) is 24.3 Å². The summed E-state index contributed by atoms with van der Waals surface area (Å²) in [4.78, 5) is 25.7. The molecule has 0 bridgehead atoms. The molecule has 1 N–H and O–H groups in total. The van der Waals surface area contributed by atoms with Gasteiger partial charge in [-0.15, -0.1) is 0 Å². The molecule has 0 amide bonds. The van der Waals surface area contributed by atoms with Crippen LogP contribution in [0.1, 0.15) is 57.7 Å². The van der Waals surface area contributed by atoms with Crippen LogP contribution in [0.4, 0.5) is 0 Å². The van der Waals surface area contributed by atoms with Crippen LogP contribution < -0.4 is 5.32 Å². The summed E-state index contributed by atoms with van der Waals surface area (Å²) in [7, 11) is 1.37. The molecule has 2 aliphatic rings. The summed E-state index contributed by atoms with van der Waals surface area (Å²) in [6.07, 6.45) is 3.03. The number of carbonyl (C=O) groups excluding carboxylic acids is 2. The summed E-state index contributed by atoms with van der Waals surface area (Å²) in [5.74, 6) is -0.748. The molecular weight excluding hydrogens is 330 g/mol. The number of aromatic nitrogens is 2. The fraction of sp³-hybridized carbons (Fsp3) is 0.550. The average Bonchev–Trinajstić information content (AvgIpc) is 2.92. The second kappa shape index (κ2) is 6.41. The van der Waals surface area contributed by atoms with Gasteiger partial charge in [-0.1, -0.05) is 13.8 Å². The number of nitrogens with one attached hydrogen (secondary N) is 1. The summed E-state index contributed by atoms with van der Waals surface area (Å²) in [5, 5.41) is 7.75. The largest absolute Gasteiger partial charge is 0.466 e. The van der Waals surface area contributed by atoms with E-state index >= 15 is 0 Å². The number of aryl methyl sites for hydroxylation is 1. The summed E-state index contributed by atoms with van der Waals surface area (Å²) in [6, 6.07) is 0. The van der Waals surface area contributed by atoms with Crippen molar-refractivity contribution < 1.29 is 14.3 Å². The summed E-state index contributed by atoms with van der Waals surface area (Å²) in [5.41, 5.74) is 4.62. The van der Waals surface area contributed by atoms with Crippen LogP contribution in [0.15, 0.2) is 28.7 Å². The minimum atomic E-state index is -0.428. The number of esters is 1. The Hall–Kier alpha value is -2.37. The number of allylic oxidation sites excluding steroid dienone is 3. The van der Waals surface area contributed by atoms with Crippen LogP contribution in [-0.2, 0) is 20.9 Å². The van der Waals surface area contributed by atoms with Crippen molar-refractivity contribution in [3.63, 3.8) is 0 Å². The number of hydrogen-bond acceptors (Lipinski definition) is 5. The number of ketones is 1. The Kier molecular flexibility index (Phi) is 4.54. The Morgan fingerprint density at radius 3 is 2.65 bits per heavy atom. The van der Waals surface area contributed by atoms with Gasteiger partial charge in [0.15, 0.2) is 5.78 Å². The first-order valence-corrected chi connectivity index (χ1v) is 9.04. The van der Waals surface area contributed by atoms with E-state index in [1.807, 2.05) is 25.5 Å². The molecule has 1 aliphatic heterocycles. The summed E-state index contributed by atoms with van der Waals surface area (Å²) in [6.45, 7) is 10.8. The second-order valence-electron chi connectivity index (χ2n) is 7.92. The zero-order chi connectivity index (χ0) is 19.2. The van der Waals surface area contributed by atoms with E-state index in [-0.39, 0.29) is 11.2 Å². The van der Waals surface area contributed by atoms with Crippen LogP contribution in [0.3, 0.4) is 0 Å². The number of rotatable bonds is 3. The van der Waals surface area contributed by atoms with Gasteiger partial charge in [0.1, 0.15) is 0 Å². The zero-order valence-electron chi connectivity index (χ0n) is 16.4. The molecule has 1 aliphatic carbocycles. The van der Waals surface area contributed by atoms with Gasteiger partial charge in [-0.2, -0.15) is 5.10 Å². The standard InChI is InChI=1S/C20H27N3O3/c1-7-23-12(3)13(10-21-23)17-16(19(25)26-6)11(2)22-14-8-20(4,5)9-15(24)18(14)17/h10,17,22H,7-9H2,1-6H3/t17-/m0/s1. The fourth-order valence-electron chi connectivity index (χ4n) is 4.19. The molecule has 1 aromatic heterocycles. The van der Waals surface area contributed by atoms with Gasteiger partial charge in [0.25, 0.3) is 0 Å². The molecular formula is C20H27N3O3. The van der Waals surface area contributed by atoms with Crippen molar-refractivity contribution in [2.75, 3.05) is 7.11 Å². The SMILES string of the molecule is CCn1ncc([C@H]2C(C(=O)OC)=C(C)NC3=C2C(=O)CC(C)(C)C3)c1C. The lowest BCUT2D eigenvalue weighted by molar-refractivity contribution is -0.136. The molecule has 3 rings (SSSR count). The van der Waals surface area contributed by atoms with Crippen molar-refractivity contribution in [2.45, 2.75) is 59.9 Å². The number of carbonyl (C=O) groups is 2. The van der Waals surface area contributed by atoms with E-state index in [1.54, 1.807) is 6.20 Å². The lowest BCUT2D eigenvalue weighted by Crippen LogP contribution is -2.38. The predicted octanol–water partition coefficient (Wildman–Crippen LogP) is 2.99. The molecule has 0 fully saturated rings. The number of dihydropyridines is 1. The maximum absolute atomic E-state index is 13.1. The van der Waals surface area contributed by atoms with E-state index in [4.69, 9.17) is 4.74 Å². The van der Waals surface area contributed by atoms with Crippen molar-refractivity contribution in [3.05, 3.63) is 40.0 Å². The van der Waals surface area contributed by atoms with E-state index in [9.17, 15) is 9.59 Å². The summed E-state index contributed by atoms with van der Waals surface area (Å²) >= 11 is 0. The topological polar surface area (TPSA) is 73.2 Å². The average molecular weight is 357 g/mol. The van der Waals surface area contributed by atoms with Crippen molar-refractivity contribution in [1.29, 1.82) is 0 Å². The molecule has 0 saturated carbocycles. The van der Waals surface area contributed by atoms with Gasteiger partial charge in [0.2, 0.25) is 0 Å². The number of ether oxygens (including phenoxy) is 1. The van der Waals surface area contributed by atoms with Crippen LogP contribution in [0, 0.1) is 12.3 Å². The van der Waals surface area contributed by atoms with Crippen molar-refractivity contribution in [1.82, 2.24) is 15.1 Å². The Balaban J connectivity index is 2.23. The molecule has 0 spiro atoms. The maximum Gasteiger partial charge on any atom is 0.336 e. The lowest BCUT2D eigenvalue weighted by Gasteiger charge is -2.39. The van der Waals surface area contributed by atoms with Gasteiger partial charge in [0.05, 0.1) is 24.8 Å². The van der Waals surface area contributed by atoms with Crippen molar-refractivity contribution in [3.8, 4) is 0 Å². The molecule has 6 heteroatoms. The summed E-state index contributed by atoms with van der Waals surface area (Å²) < 4.78 is 6.93. The first-order valence-electron chi connectivity index (χ1n) is 9.04. The third kappa shape index (κ3) is 2.87. The first-order chi connectivity index (χ1) is 12.2. The van der Waals surface area contributed by atoms with E-state index in [0.29, 0.717) is 17.6 Å². The highest BCUT2D eigenvalue weighted by molar-refractivity contribution is 6.04. The molecule has 1 atom stereocenters. The quantitative estimate of drug-likeness (QED) is 0.842. The van der Waals surface area contributed by atoms with E-state index < -0.39 is 11.9 Å². The Morgan fingerprint density at radius 2 is 2.08 bits per heavy atom. The zero-order valence-corrected chi connectivity index (χ0v) is 16.4. The van der Waals surface area contributed by atoms with Crippen LogP contribution in [-0.4, -0.2) is 28.6 Å². The number of Topliss-reactive ketones (excluding diaryl/α,β-unsaturated/α-hetero) is 1. The van der Waals surface area contributed by atoms with Gasteiger partial charge in [0, 0.05) is 41.2 Å². The molecule has 6 nitrogen and oxygen atoms in total.